The number of imidazole rings is 1. The van der Waals surface area contributed by atoms with Crippen molar-refractivity contribution in [2.45, 2.75) is 45.5 Å². The van der Waals surface area contributed by atoms with E-state index in [2.05, 4.69) is 48.6 Å². The summed E-state index contributed by atoms with van der Waals surface area (Å²) in [6.07, 6.45) is 3.08. The predicted molar refractivity (Wildman–Crippen MR) is 158 cm³/mol. The first-order chi connectivity index (χ1) is 19.7. The molecule has 40 heavy (non-hydrogen) atoms. The molecule has 0 fully saturated rings. The Balaban J connectivity index is 1.55. The van der Waals surface area contributed by atoms with Crippen molar-refractivity contribution in [1.82, 2.24) is 24.5 Å². The van der Waals surface area contributed by atoms with E-state index in [1.165, 1.54) is 12.3 Å². The van der Waals surface area contributed by atoms with Crippen LogP contribution in [-0.4, -0.2) is 39.6 Å². The zero-order chi connectivity index (χ0) is 30.3. The summed E-state index contributed by atoms with van der Waals surface area (Å²) in [5.41, 5.74) is 11.3. The van der Waals surface area contributed by atoms with Crippen LogP contribution >= 0.6 is 0 Å². The van der Waals surface area contributed by atoms with Gasteiger partial charge in [-0.2, -0.15) is 0 Å². The number of nitrogens with two attached hydrogens (primary N) is 1. The average Bonchev–Trinajstić information content (AvgIpc) is 3.30. The summed E-state index contributed by atoms with van der Waals surface area (Å²) in [5, 5.41) is 0.120. The second-order valence-electron chi connectivity index (χ2n) is 11.0. The van der Waals surface area contributed by atoms with Crippen molar-refractivity contribution in [3.63, 3.8) is 0 Å². The molecule has 0 spiro atoms. The van der Waals surface area contributed by atoms with E-state index in [0.717, 1.165) is 11.3 Å². The molecule has 8 nitrogen and oxygen atoms in total. The molecule has 0 aliphatic heterocycles. The molecule has 0 radical (unpaired) electrons. The van der Waals surface area contributed by atoms with Gasteiger partial charge in [-0.1, -0.05) is 32.9 Å². The van der Waals surface area contributed by atoms with E-state index in [-0.39, 0.29) is 10.9 Å². The monoisotopic (exact) mass is 558 g/mol. The van der Waals surface area contributed by atoms with Gasteiger partial charge >= 0.3 is 0 Å². The topological polar surface area (TPSA) is 101 Å². The summed E-state index contributed by atoms with van der Waals surface area (Å²) in [6, 6.07) is 18.5. The van der Waals surface area contributed by atoms with E-state index >= 15 is 0 Å². The van der Waals surface area contributed by atoms with Crippen LogP contribution in [-0.2, 0) is 11.0 Å². The maximum absolute atomic E-state index is 13.2. The summed E-state index contributed by atoms with van der Waals surface area (Å²) in [5.74, 6) is 0.767. The molecule has 10 heteroatoms. The summed E-state index contributed by atoms with van der Waals surface area (Å²) >= 11 is 0. The van der Waals surface area contributed by atoms with Gasteiger partial charge in [0, 0.05) is 29.7 Å². The molecule has 206 valence electrons. The molecule has 0 unspecified atom stereocenters. The maximum atomic E-state index is 13.2. The van der Waals surface area contributed by atoms with Crippen LogP contribution in [0.4, 0.5) is 10.2 Å². The van der Waals surface area contributed by atoms with Crippen LogP contribution in [0.2, 0.25) is 18.1 Å². The Morgan fingerprint density at radius 2 is 1.77 bits per heavy atom. The molecule has 2 N–H and O–H groups in total. The van der Waals surface area contributed by atoms with Crippen molar-refractivity contribution in [3.05, 3.63) is 78.6 Å². The molecular weight excluding hydrogens is 523 g/mol. The van der Waals surface area contributed by atoms with Crippen molar-refractivity contribution in [1.29, 1.82) is 0 Å². The molecule has 0 aliphatic carbocycles. The highest BCUT2D eigenvalue weighted by Crippen LogP contribution is 2.37. The van der Waals surface area contributed by atoms with Gasteiger partial charge in [0.25, 0.3) is 0 Å². The lowest BCUT2D eigenvalue weighted by Gasteiger charge is -2.36. The Morgan fingerprint density at radius 3 is 2.42 bits per heavy atom. The number of hydrogen-bond donors (Lipinski definition) is 1. The average molecular weight is 559 g/mol. The van der Waals surface area contributed by atoms with E-state index in [4.69, 9.17) is 22.9 Å². The number of rotatable bonds is 8. The zero-order valence-corrected chi connectivity index (χ0v) is 24.1. The van der Waals surface area contributed by atoms with Gasteiger partial charge in [-0.05, 0) is 66.2 Å². The third kappa shape index (κ3) is 5.45. The number of nitrogens with zero attached hydrogens (tertiary/aromatic N) is 5. The first-order valence-corrected chi connectivity index (χ1v) is 15.8. The molecule has 5 rings (SSSR count). The summed E-state index contributed by atoms with van der Waals surface area (Å²) in [7, 11) is -1.90. The van der Waals surface area contributed by atoms with Gasteiger partial charge in [0.2, 0.25) is 12.7 Å². The van der Waals surface area contributed by atoms with Crippen LogP contribution in [0.25, 0.3) is 39.5 Å². The highest BCUT2D eigenvalue weighted by molar-refractivity contribution is 6.74. The molecule has 0 amide bonds. The minimum absolute atomic E-state index is 0.120. The van der Waals surface area contributed by atoms with Crippen LogP contribution in [0.5, 0.6) is 5.88 Å². The normalized spacial score (nSPS) is 13.2. The number of alkyl halides is 1. The first-order valence-electron chi connectivity index (χ1n) is 13.9. The quantitative estimate of drug-likeness (QED) is 0.206. The fraction of sp³-hybridized carbons (Fsp3) is 0.267. The molecule has 0 atom stereocenters. The fourth-order valence-electron chi connectivity index (χ4n) is 4.00. The molecule has 4 aromatic heterocycles. The number of anilines is 1. The van der Waals surface area contributed by atoms with E-state index in [9.17, 15) is 4.39 Å². The third-order valence-corrected chi connectivity index (χ3v) is 11.8. The minimum atomic E-state index is -3.32. The molecule has 5 aromatic rings. The Labute approximate surface area is 237 Å². The van der Waals surface area contributed by atoms with Crippen LogP contribution in [0.15, 0.2) is 73.1 Å². The number of benzene rings is 1. The number of pyridine rings is 3. The minimum Gasteiger partial charge on any atom is -0.446 e. The van der Waals surface area contributed by atoms with Crippen molar-refractivity contribution in [2.75, 3.05) is 12.5 Å². The standard InChI is InChI=1S/C30H33FN6O2Si/c1-30(2,3)40(4,5)39-18-20-8-11-22(12-9-20)37-28(23-7-6-16-33-27(23)32)36-25-14-13-24(35-29(25)37)21-10-15-26(34-17-21)38-19-31/h6-17H,18-19H2,1-5H3,(H2,32,33)/i19D2. The molecule has 1 aromatic carbocycles. The second kappa shape index (κ2) is 10.8. The smallest absolute Gasteiger partial charge is 0.230 e. The largest absolute Gasteiger partial charge is 0.446 e. The number of hydrogen-bond acceptors (Lipinski definition) is 7. The molecule has 0 aliphatic rings. The van der Waals surface area contributed by atoms with Crippen LogP contribution in [0, 0.1) is 0 Å². The fourth-order valence-corrected chi connectivity index (χ4v) is 4.96. The van der Waals surface area contributed by atoms with Gasteiger partial charge in [0.1, 0.15) is 14.1 Å². The summed E-state index contributed by atoms with van der Waals surface area (Å²) in [4.78, 5) is 18.1. The summed E-state index contributed by atoms with van der Waals surface area (Å²) in [6.45, 7) is 8.35. The third-order valence-electron chi connectivity index (χ3n) is 7.36. The number of fused-ring (bicyclic) bond motifs is 1. The van der Waals surface area contributed by atoms with Crippen molar-refractivity contribution >= 4 is 25.3 Å². The van der Waals surface area contributed by atoms with E-state index in [1.807, 2.05) is 53.1 Å². The molecule has 0 saturated heterocycles. The lowest BCUT2D eigenvalue weighted by atomic mass is 10.2. The van der Waals surface area contributed by atoms with Gasteiger partial charge in [-0.25, -0.2) is 24.3 Å². The number of ether oxygens (including phenoxy) is 1. The van der Waals surface area contributed by atoms with E-state index in [1.54, 1.807) is 12.3 Å². The summed E-state index contributed by atoms with van der Waals surface area (Å²) < 4.78 is 40.1. The van der Waals surface area contributed by atoms with Crippen LogP contribution < -0.4 is 10.5 Å². The lowest BCUT2D eigenvalue weighted by molar-refractivity contribution is 0.185. The van der Waals surface area contributed by atoms with Crippen molar-refractivity contribution in [2.24, 2.45) is 0 Å². The SMILES string of the molecule is [2H]C([2H])(F)Oc1ccc(-c2ccc3nc(-c4cccnc4N)n(-c4ccc(CO[Si](C)(C)C(C)(C)C)cc4)c3n2)cn1. The van der Waals surface area contributed by atoms with Gasteiger partial charge in [0.05, 0.1) is 17.9 Å². The Kier molecular flexibility index (Phi) is 6.70. The van der Waals surface area contributed by atoms with Crippen LogP contribution in [0.3, 0.4) is 0 Å². The molecule has 4 heterocycles. The van der Waals surface area contributed by atoms with Crippen molar-refractivity contribution < 1.29 is 16.3 Å². The maximum Gasteiger partial charge on any atom is 0.230 e. The Bertz CT molecular complexity index is 1720. The first kappa shape index (κ1) is 24.9. The lowest BCUT2D eigenvalue weighted by Crippen LogP contribution is -2.40. The van der Waals surface area contributed by atoms with Gasteiger partial charge in [0.15, 0.2) is 19.8 Å². The number of nitrogen functional groups attached to an aromatic ring is 1. The Hall–Kier alpha value is -4.15. The number of aromatic nitrogens is 5. The molecule has 0 bridgehead atoms. The van der Waals surface area contributed by atoms with Gasteiger partial charge in [-0.15, -0.1) is 0 Å². The molecular formula is C30H33FN6O2Si. The predicted octanol–water partition coefficient (Wildman–Crippen LogP) is 6.95. The van der Waals surface area contributed by atoms with Gasteiger partial charge < -0.3 is 14.9 Å². The van der Waals surface area contributed by atoms with Crippen LogP contribution in [0.1, 0.15) is 29.1 Å². The molecule has 0 saturated carbocycles. The second-order valence-corrected chi connectivity index (χ2v) is 15.8. The van der Waals surface area contributed by atoms with Crippen molar-refractivity contribution in [3.8, 4) is 34.2 Å². The van der Waals surface area contributed by atoms with Gasteiger partial charge in [-0.3, -0.25) is 4.57 Å². The Morgan fingerprint density at radius 1 is 1.00 bits per heavy atom. The van der Waals surface area contributed by atoms with E-state index < -0.39 is 15.1 Å². The number of halogens is 1. The highest BCUT2D eigenvalue weighted by atomic mass is 28.4. The zero-order valence-electron chi connectivity index (χ0n) is 25.1. The van der Waals surface area contributed by atoms with E-state index in [0.29, 0.717) is 46.2 Å². The highest BCUT2D eigenvalue weighted by Gasteiger charge is 2.37.